The molecule has 0 unspecified atom stereocenters. The van der Waals surface area contributed by atoms with Crippen molar-refractivity contribution in [3.8, 4) is 0 Å². The molecule has 0 heterocycles. The molecule has 1 aromatic rings. The van der Waals surface area contributed by atoms with Crippen molar-refractivity contribution >= 4 is 11.6 Å². The van der Waals surface area contributed by atoms with Crippen LogP contribution in [0.1, 0.15) is 52.5 Å². The SMILES string of the molecule is CCCC[C@H](N)C(=O)Nc1ccccc1C(C)(C)C. The van der Waals surface area contributed by atoms with E-state index in [1.165, 1.54) is 0 Å². The van der Waals surface area contributed by atoms with Gasteiger partial charge in [-0.15, -0.1) is 0 Å². The highest BCUT2D eigenvalue weighted by molar-refractivity contribution is 5.95. The van der Waals surface area contributed by atoms with Crippen LogP contribution in [0.5, 0.6) is 0 Å². The fourth-order valence-electron chi connectivity index (χ4n) is 2.03. The van der Waals surface area contributed by atoms with Crippen LogP contribution < -0.4 is 11.1 Å². The van der Waals surface area contributed by atoms with Crippen LogP contribution in [-0.2, 0) is 10.2 Å². The Morgan fingerprint density at radius 3 is 2.53 bits per heavy atom. The Bertz CT molecular complexity index is 421. The molecule has 0 aliphatic heterocycles. The van der Waals surface area contributed by atoms with Crippen LogP contribution in [0, 0.1) is 0 Å². The van der Waals surface area contributed by atoms with E-state index < -0.39 is 6.04 Å². The predicted molar refractivity (Wildman–Crippen MR) is 81.3 cm³/mol. The van der Waals surface area contributed by atoms with Crippen molar-refractivity contribution in [3.05, 3.63) is 29.8 Å². The van der Waals surface area contributed by atoms with E-state index in [1.807, 2.05) is 24.3 Å². The average Bonchev–Trinajstić information content (AvgIpc) is 2.35. The van der Waals surface area contributed by atoms with Gasteiger partial charge in [-0.3, -0.25) is 4.79 Å². The number of nitrogens with one attached hydrogen (secondary N) is 1. The molecule has 106 valence electrons. The number of carbonyl (C=O) groups is 1. The summed E-state index contributed by atoms with van der Waals surface area (Å²) >= 11 is 0. The molecule has 0 aromatic heterocycles. The molecule has 0 aliphatic carbocycles. The van der Waals surface area contributed by atoms with Crippen LogP contribution in [0.3, 0.4) is 0 Å². The van der Waals surface area contributed by atoms with E-state index in [0.717, 1.165) is 30.5 Å². The number of benzene rings is 1. The normalized spacial score (nSPS) is 13.1. The first kappa shape index (κ1) is 15.7. The summed E-state index contributed by atoms with van der Waals surface area (Å²) in [5.74, 6) is -0.0925. The molecular weight excluding hydrogens is 236 g/mol. The van der Waals surface area contributed by atoms with E-state index in [4.69, 9.17) is 5.73 Å². The van der Waals surface area contributed by atoms with Crippen LogP contribution >= 0.6 is 0 Å². The summed E-state index contributed by atoms with van der Waals surface area (Å²) in [6.45, 7) is 8.50. The summed E-state index contributed by atoms with van der Waals surface area (Å²) in [6.07, 6.45) is 2.77. The van der Waals surface area contributed by atoms with Crippen LogP contribution in [0.15, 0.2) is 24.3 Å². The fourth-order valence-corrected chi connectivity index (χ4v) is 2.03. The van der Waals surface area contributed by atoms with Crippen molar-refractivity contribution in [2.75, 3.05) is 5.32 Å². The second-order valence-corrected chi connectivity index (χ2v) is 6.03. The lowest BCUT2D eigenvalue weighted by Crippen LogP contribution is -2.36. The minimum Gasteiger partial charge on any atom is -0.324 e. The van der Waals surface area contributed by atoms with Crippen molar-refractivity contribution < 1.29 is 4.79 Å². The number of rotatable bonds is 5. The molecule has 0 saturated heterocycles. The van der Waals surface area contributed by atoms with Gasteiger partial charge in [-0.05, 0) is 23.5 Å². The van der Waals surface area contributed by atoms with Crippen LogP contribution in [-0.4, -0.2) is 11.9 Å². The Balaban J connectivity index is 2.80. The highest BCUT2D eigenvalue weighted by Crippen LogP contribution is 2.29. The molecule has 3 heteroatoms. The first-order valence-electron chi connectivity index (χ1n) is 7.02. The largest absolute Gasteiger partial charge is 0.324 e. The van der Waals surface area contributed by atoms with Crippen molar-refractivity contribution in [1.29, 1.82) is 0 Å². The molecule has 1 atom stereocenters. The molecule has 0 saturated carbocycles. The van der Waals surface area contributed by atoms with Crippen molar-refractivity contribution in [1.82, 2.24) is 0 Å². The molecule has 19 heavy (non-hydrogen) atoms. The zero-order valence-corrected chi connectivity index (χ0v) is 12.5. The second kappa shape index (κ2) is 6.71. The van der Waals surface area contributed by atoms with Gasteiger partial charge in [-0.1, -0.05) is 58.7 Å². The lowest BCUT2D eigenvalue weighted by atomic mass is 9.86. The number of anilines is 1. The number of hydrogen-bond acceptors (Lipinski definition) is 2. The minimum atomic E-state index is -0.423. The van der Waals surface area contributed by atoms with Gasteiger partial charge >= 0.3 is 0 Å². The molecule has 0 spiro atoms. The van der Waals surface area contributed by atoms with Crippen molar-refractivity contribution in [3.63, 3.8) is 0 Å². The number of carbonyl (C=O) groups excluding carboxylic acids is 1. The Kier molecular flexibility index (Phi) is 5.55. The van der Waals surface area contributed by atoms with Crippen molar-refractivity contribution in [2.45, 2.75) is 58.4 Å². The third-order valence-corrected chi connectivity index (χ3v) is 3.20. The maximum Gasteiger partial charge on any atom is 0.241 e. The number of nitrogens with two attached hydrogens (primary N) is 1. The van der Waals surface area contributed by atoms with Crippen molar-refractivity contribution in [2.24, 2.45) is 5.73 Å². The summed E-state index contributed by atoms with van der Waals surface area (Å²) in [6, 6.07) is 7.49. The van der Waals surface area contributed by atoms with Gasteiger partial charge in [0.1, 0.15) is 0 Å². The Morgan fingerprint density at radius 1 is 1.32 bits per heavy atom. The number of para-hydroxylation sites is 1. The van der Waals surface area contributed by atoms with E-state index >= 15 is 0 Å². The zero-order chi connectivity index (χ0) is 14.5. The maximum absolute atomic E-state index is 12.1. The van der Waals surface area contributed by atoms with Gasteiger partial charge in [0, 0.05) is 5.69 Å². The van der Waals surface area contributed by atoms with Crippen LogP contribution in [0.2, 0.25) is 0 Å². The molecule has 1 rings (SSSR count). The smallest absolute Gasteiger partial charge is 0.241 e. The van der Waals surface area contributed by atoms with E-state index in [-0.39, 0.29) is 11.3 Å². The van der Waals surface area contributed by atoms with E-state index in [1.54, 1.807) is 0 Å². The third kappa shape index (κ3) is 4.67. The summed E-state index contributed by atoms with van der Waals surface area (Å²) in [4.78, 5) is 12.1. The van der Waals surface area contributed by atoms with Gasteiger partial charge in [-0.2, -0.15) is 0 Å². The van der Waals surface area contributed by atoms with Gasteiger partial charge in [0.25, 0.3) is 0 Å². The second-order valence-electron chi connectivity index (χ2n) is 6.03. The predicted octanol–water partition coefficient (Wildman–Crippen LogP) is 3.44. The molecule has 0 aliphatic rings. The zero-order valence-electron chi connectivity index (χ0n) is 12.5. The van der Waals surface area contributed by atoms with Gasteiger partial charge < -0.3 is 11.1 Å². The average molecular weight is 262 g/mol. The highest BCUT2D eigenvalue weighted by Gasteiger charge is 2.20. The fraction of sp³-hybridized carbons (Fsp3) is 0.562. The number of amides is 1. The highest BCUT2D eigenvalue weighted by atomic mass is 16.2. The molecular formula is C16H26N2O. The summed E-state index contributed by atoms with van der Waals surface area (Å²) < 4.78 is 0. The molecule has 0 radical (unpaired) electrons. The number of unbranched alkanes of at least 4 members (excludes halogenated alkanes) is 1. The topological polar surface area (TPSA) is 55.1 Å². The summed E-state index contributed by atoms with van der Waals surface area (Å²) in [5, 5.41) is 2.96. The summed E-state index contributed by atoms with van der Waals surface area (Å²) in [7, 11) is 0. The first-order valence-corrected chi connectivity index (χ1v) is 7.02. The molecule has 0 bridgehead atoms. The first-order chi connectivity index (χ1) is 8.86. The van der Waals surface area contributed by atoms with Gasteiger partial charge in [0.15, 0.2) is 0 Å². The Labute approximate surface area is 116 Å². The number of hydrogen-bond donors (Lipinski definition) is 2. The third-order valence-electron chi connectivity index (χ3n) is 3.20. The Hall–Kier alpha value is -1.35. The lowest BCUT2D eigenvalue weighted by Gasteiger charge is -2.23. The van der Waals surface area contributed by atoms with Gasteiger partial charge in [-0.25, -0.2) is 0 Å². The molecule has 0 fully saturated rings. The molecule has 1 amide bonds. The van der Waals surface area contributed by atoms with E-state index in [9.17, 15) is 4.79 Å². The summed E-state index contributed by atoms with van der Waals surface area (Å²) in [5.41, 5.74) is 7.89. The molecule has 1 aromatic carbocycles. The Morgan fingerprint density at radius 2 is 1.95 bits per heavy atom. The molecule has 3 nitrogen and oxygen atoms in total. The van der Waals surface area contributed by atoms with Gasteiger partial charge in [0.2, 0.25) is 5.91 Å². The van der Waals surface area contributed by atoms with Crippen LogP contribution in [0.4, 0.5) is 5.69 Å². The molecule has 3 N–H and O–H groups in total. The minimum absolute atomic E-state index is 0.00259. The van der Waals surface area contributed by atoms with E-state index in [0.29, 0.717) is 0 Å². The van der Waals surface area contributed by atoms with Gasteiger partial charge in [0.05, 0.1) is 6.04 Å². The maximum atomic E-state index is 12.1. The monoisotopic (exact) mass is 262 g/mol. The quantitative estimate of drug-likeness (QED) is 0.854. The van der Waals surface area contributed by atoms with E-state index in [2.05, 4.69) is 33.0 Å². The van der Waals surface area contributed by atoms with Crippen LogP contribution in [0.25, 0.3) is 0 Å². The standard InChI is InChI=1S/C16H26N2O/c1-5-6-10-13(17)15(19)18-14-11-8-7-9-12(14)16(2,3)4/h7-9,11,13H,5-6,10,17H2,1-4H3,(H,18,19)/t13-/m0/s1. The lowest BCUT2D eigenvalue weighted by molar-refractivity contribution is -0.117.